The Bertz CT molecular complexity index is 323. The van der Waals surface area contributed by atoms with E-state index in [-0.39, 0.29) is 0 Å². The molecule has 5 heteroatoms. The fourth-order valence-electron chi connectivity index (χ4n) is 2.32. The maximum absolute atomic E-state index is 5.61. The molecule has 0 saturated heterocycles. The Kier molecular flexibility index (Phi) is 8.41. The third-order valence-corrected chi connectivity index (χ3v) is 3.63. The van der Waals surface area contributed by atoms with E-state index in [1.165, 1.54) is 44.9 Å². The van der Waals surface area contributed by atoms with Crippen LogP contribution in [0.25, 0.3) is 0 Å². The second-order valence-electron chi connectivity index (χ2n) is 5.28. The van der Waals surface area contributed by atoms with Crippen molar-refractivity contribution < 1.29 is 0 Å². The summed E-state index contributed by atoms with van der Waals surface area (Å²) in [5.74, 6) is 6.60. The van der Waals surface area contributed by atoms with Crippen LogP contribution in [-0.2, 0) is 13.5 Å². The first kappa shape index (κ1) is 16.1. The Balaban J connectivity index is 2.10. The Morgan fingerprint density at radius 2 is 1.89 bits per heavy atom. The lowest BCUT2D eigenvalue weighted by atomic mass is 10.0. The fraction of sp³-hybridized carbons (Fsp3) is 0.857. The minimum atomic E-state index is 0.304. The molecule has 1 aromatic heterocycles. The van der Waals surface area contributed by atoms with E-state index in [0.717, 1.165) is 18.7 Å². The van der Waals surface area contributed by atoms with Crippen molar-refractivity contribution >= 4 is 0 Å². The normalized spacial score (nSPS) is 12.8. The molecule has 19 heavy (non-hydrogen) atoms. The molecule has 1 rings (SSSR count). The maximum Gasteiger partial charge on any atom is 0.138 e. The molecular formula is C14H29N5. The van der Waals surface area contributed by atoms with Gasteiger partial charge in [0.25, 0.3) is 0 Å². The van der Waals surface area contributed by atoms with Crippen molar-refractivity contribution in [3.63, 3.8) is 0 Å². The number of nitrogens with one attached hydrogen (secondary N) is 1. The first-order valence-electron chi connectivity index (χ1n) is 7.57. The first-order chi connectivity index (χ1) is 9.27. The zero-order valence-electron chi connectivity index (χ0n) is 12.4. The summed E-state index contributed by atoms with van der Waals surface area (Å²) in [7, 11) is 1.92. The molecule has 0 aliphatic carbocycles. The second kappa shape index (κ2) is 9.92. The monoisotopic (exact) mass is 267 g/mol. The summed E-state index contributed by atoms with van der Waals surface area (Å²) >= 11 is 0. The van der Waals surface area contributed by atoms with Crippen LogP contribution in [0.3, 0.4) is 0 Å². The van der Waals surface area contributed by atoms with E-state index in [1.54, 1.807) is 6.33 Å². The van der Waals surface area contributed by atoms with E-state index in [4.69, 9.17) is 5.84 Å². The van der Waals surface area contributed by atoms with Crippen molar-refractivity contribution in [3.05, 3.63) is 12.2 Å². The highest BCUT2D eigenvalue weighted by molar-refractivity contribution is 4.88. The van der Waals surface area contributed by atoms with Crippen LogP contribution in [0.4, 0.5) is 0 Å². The highest BCUT2D eigenvalue weighted by atomic mass is 15.3. The highest BCUT2D eigenvalue weighted by Gasteiger charge is 2.10. The predicted molar refractivity (Wildman–Crippen MR) is 78.4 cm³/mol. The molecule has 1 aromatic rings. The molecule has 110 valence electrons. The third kappa shape index (κ3) is 6.68. The minimum absolute atomic E-state index is 0.304. The largest absolute Gasteiger partial charge is 0.271 e. The van der Waals surface area contributed by atoms with E-state index < -0.39 is 0 Å². The average molecular weight is 267 g/mol. The Morgan fingerprint density at radius 3 is 2.47 bits per heavy atom. The van der Waals surface area contributed by atoms with Gasteiger partial charge in [0.1, 0.15) is 12.2 Å². The summed E-state index contributed by atoms with van der Waals surface area (Å²) < 4.78 is 1.81. The predicted octanol–water partition coefficient (Wildman–Crippen LogP) is 2.33. The summed E-state index contributed by atoms with van der Waals surface area (Å²) in [6.45, 7) is 2.25. The molecule has 3 N–H and O–H groups in total. The number of hydrogen-bond donors (Lipinski definition) is 2. The SMILES string of the molecule is CCCCCCCCCC(Cc1ncnn1C)NN. The summed E-state index contributed by atoms with van der Waals surface area (Å²) in [5.41, 5.74) is 2.90. The van der Waals surface area contributed by atoms with E-state index >= 15 is 0 Å². The van der Waals surface area contributed by atoms with Gasteiger partial charge < -0.3 is 0 Å². The lowest BCUT2D eigenvalue weighted by Crippen LogP contribution is -2.37. The zero-order valence-corrected chi connectivity index (χ0v) is 12.4. The Hall–Kier alpha value is -0.940. The van der Waals surface area contributed by atoms with Gasteiger partial charge in [-0.05, 0) is 6.42 Å². The van der Waals surface area contributed by atoms with Crippen molar-refractivity contribution in [2.75, 3.05) is 0 Å². The van der Waals surface area contributed by atoms with Crippen LogP contribution in [0.5, 0.6) is 0 Å². The number of aryl methyl sites for hydroxylation is 1. The molecule has 0 bridgehead atoms. The van der Waals surface area contributed by atoms with Gasteiger partial charge in [0.05, 0.1) is 0 Å². The smallest absolute Gasteiger partial charge is 0.138 e. The van der Waals surface area contributed by atoms with Gasteiger partial charge in [-0.25, -0.2) is 4.98 Å². The topological polar surface area (TPSA) is 68.8 Å². The number of nitrogens with two attached hydrogens (primary N) is 1. The number of unbranched alkanes of at least 4 members (excludes halogenated alkanes) is 6. The van der Waals surface area contributed by atoms with Gasteiger partial charge in [-0.2, -0.15) is 5.10 Å². The molecule has 0 aromatic carbocycles. The fourth-order valence-corrected chi connectivity index (χ4v) is 2.32. The van der Waals surface area contributed by atoms with Crippen molar-refractivity contribution in [1.29, 1.82) is 0 Å². The molecule has 0 spiro atoms. The molecule has 0 fully saturated rings. The molecule has 5 nitrogen and oxygen atoms in total. The lowest BCUT2D eigenvalue weighted by Gasteiger charge is -2.14. The van der Waals surface area contributed by atoms with Gasteiger partial charge in [-0.15, -0.1) is 0 Å². The summed E-state index contributed by atoms with van der Waals surface area (Å²) in [4.78, 5) is 4.24. The van der Waals surface area contributed by atoms with Crippen LogP contribution in [0.2, 0.25) is 0 Å². The van der Waals surface area contributed by atoms with Gasteiger partial charge >= 0.3 is 0 Å². The number of hydrogen-bond acceptors (Lipinski definition) is 4. The van der Waals surface area contributed by atoms with Crippen molar-refractivity contribution in [1.82, 2.24) is 20.2 Å². The highest BCUT2D eigenvalue weighted by Crippen LogP contribution is 2.11. The second-order valence-corrected chi connectivity index (χ2v) is 5.28. The average Bonchev–Trinajstić information content (AvgIpc) is 2.81. The standard InChI is InChI=1S/C14H29N5/c1-3-4-5-6-7-8-9-10-13(18-15)11-14-16-12-17-19(14)2/h12-13,18H,3-11,15H2,1-2H3. The molecule has 1 atom stereocenters. The molecule has 0 amide bonds. The lowest BCUT2D eigenvalue weighted by molar-refractivity contribution is 0.445. The molecule has 0 saturated carbocycles. The minimum Gasteiger partial charge on any atom is -0.271 e. The summed E-state index contributed by atoms with van der Waals surface area (Å²) in [6, 6.07) is 0.304. The number of hydrazine groups is 1. The zero-order chi connectivity index (χ0) is 13.9. The molecule has 1 unspecified atom stereocenters. The van der Waals surface area contributed by atoms with Gasteiger partial charge in [0, 0.05) is 19.5 Å². The molecule has 0 radical (unpaired) electrons. The molecule has 1 heterocycles. The van der Waals surface area contributed by atoms with Gasteiger partial charge in [-0.1, -0.05) is 51.9 Å². The van der Waals surface area contributed by atoms with Crippen LogP contribution >= 0.6 is 0 Å². The van der Waals surface area contributed by atoms with E-state index in [0.29, 0.717) is 6.04 Å². The van der Waals surface area contributed by atoms with Crippen LogP contribution < -0.4 is 11.3 Å². The van der Waals surface area contributed by atoms with Crippen LogP contribution in [-0.4, -0.2) is 20.8 Å². The quantitative estimate of drug-likeness (QED) is 0.367. The van der Waals surface area contributed by atoms with Crippen molar-refractivity contribution in [2.45, 2.75) is 70.8 Å². The number of rotatable bonds is 11. The van der Waals surface area contributed by atoms with Crippen molar-refractivity contribution in [2.24, 2.45) is 12.9 Å². The molecular weight excluding hydrogens is 238 g/mol. The molecule has 0 aliphatic rings. The van der Waals surface area contributed by atoms with E-state index in [1.807, 2.05) is 11.7 Å². The number of nitrogens with zero attached hydrogens (tertiary/aromatic N) is 3. The summed E-state index contributed by atoms with van der Waals surface area (Å²) in [5, 5.41) is 4.08. The van der Waals surface area contributed by atoms with Crippen LogP contribution in [0.15, 0.2) is 6.33 Å². The third-order valence-electron chi connectivity index (χ3n) is 3.63. The van der Waals surface area contributed by atoms with Gasteiger partial charge in [0.15, 0.2) is 0 Å². The Morgan fingerprint density at radius 1 is 1.21 bits per heavy atom. The van der Waals surface area contributed by atoms with E-state index in [9.17, 15) is 0 Å². The Labute approximate surface area is 116 Å². The summed E-state index contributed by atoms with van der Waals surface area (Å²) in [6.07, 6.45) is 12.9. The van der Waals surface area contributed by atoms with E-state index in [2.05, 4.69) is 22.4 Å². The maximum atomic E-state index is 5.61. The van der Waals surface area contributed by atoms with Crippen LogP contribution in [0.1, 0.15) is 64.1 Å². The van der Waals surface area contributed by atoms with Gasteiger partial charge in [-0.3, -0.25) is 16.0 Å². The first-order valence-corrected chi connectivity index (χ1v) is 7.57. The van der Waals surface area contributed by atoms with Crippen molar-refractivity contribution in [3.8, 4) is 0 Å². The molecule has 0 aliphatic heterocycles. The number of aromatic nitrogens is 3. The van der Waals surface area contributed by atoms with Gasteiger partial charge in [0.2, 0.25) is 0 Å². The van der Waals surface area contributed by atoms with Crippen LogP contribution in [0, 0.1) is 0 Å².